The summed E-state index contributed by atoms with van der Waals surface area (Å²) in [5.74, 6) is 2.04. The lowest BCUT2D eigenvalue weighted by Crippen LogP contribution is -2.23. The molecule has 7 heteroatoms. The third kappa shape index (κ3) is 5.67. The molecule has 1 atom stereocenters. The van der Waals surface area contributed by atoms with Crippen molar-refractivity contribution in [2.45, 2.75) is 102 Å². The van der Waals surface area contributed by atoms with Gasteiger partial charge in [-0.2, -0.15) is 0 Å². The Hall–Kier alpha value is -1.99. The van der Waals surface area contributed by atoms with Gasteiger partial charge in [0.25, 0.3) is 0 Å². The predicted octanol–water partition coefficient (Wildman–Crippen LogP) is 4.57. The van der Waals surface area contributed by atoms with Crippen LogP contribution in [0.5, 0.6) is 5.88 Å². The maximum Gasteiger partial charge on any atom is 0.224 e. The van der Waals surface area contributed by atoms with Crippen molar-refractivity contribution >= 4 is 16.9 Å². The number of nitrogens with zero attached hydrogens (tertiary/aromatic N) is 3. The van der Waals surface area contributed by atoms with Crippen LogP contribution in [0.25, 0.3) is 10.9 Å². The van der Waals surface area contributed by atoms with Gasteiger partial charge < -0.3 is 20.3 Å². The van der Waals surface area contributed by atoms with Gasteiger partial charge in [0.2, 0.25) is 11.8 Å². The summed E-state index contributed by atoms with van der Waals surface area (Å²) in [5, 5.41) is 24.0. The van der Waals surface area contributed by atoms with Crippen molar-refractivity contribution in [3.8, 4) is 5.88 Å². The lowest BCUT2D eigenvalue weighted by molar-refractivity contribution is 0.0911. The van der Waals surface area contributed by atoms with Gasteiger partial charge in [-0.15, -0.1) is 0 Å². The number of ether oxygens (including phenoxy) is 1. The summed E-state index contributed by atoms with van der Waals surface area (Å²) < 4.78 is 6.18. The minimum Gasteiger partial charge on any atom is -0.477 e. The molecule has 2 aromatic rings. The average molecular weight is 443 g/mol. The van der Waals surface area contributed by atoms with E-state index in [1.165, 1.54) is 0 Å². The first-order valence-corrected chi connectivity index (χ1v) is 12.4. The molecular formula is C25H38N4O3. The highest BCUT2D eigenvalue weighted by Gasteiger charge is 2.25. The lowest BCUT2D eigenvalue weighted by atomic mass is 9.83. The first kappa shape index (κ1) is 23.2. The van der Waals surface area contributed by atoms with E-state index in [-0.39, 0.29) is 12.2 Å². The summed E-state index contributed by atoms with van der Waals surface area (Å²) in [4.78, 5) is 14.2. The van der Waals surface area contributed by atoms with E-state index in [0.717, 1.165) is 80.7 Å². The Bertz CT molecular complexity index is 877. The maximum atomic E-state index is 9.95. The molecular weight excluding hydrogens is 404 g/mol. The summed E-state index contributed by atoms with van der Waals surface area (Å²) in [7, 11) is 0. The van der Waals surface area contributed by atoms with Crippen LogP contribution in [-0.2, 0) is 0 Å². The van der Waals surface area contributed by atoms with Gasteiger partial charge >= 0.3 is 0 Å². The Kier molecular flexibility index (Phi) is 7.79. The van der Waals surface area contributed by atoms with Crippen LogP contribution >= 0.6 is 0 Å². The van der Waals surface area contributed by atoms with Crippen molar-refractivity contribution in [2.24, 2.45) is 5.92 Å². The molecule has 0 aliphatic heterocycles. The number of nitrogens with one attached hydrogen (secondary N) is 1. The third-order valence-corrected chi connectivity index (χ3v) is 7.12. The Morgan fingerprint density at radius 1 is 1.00 bits per heavy atom. The van der Waals surface area contributed by atoms with Gasteiger partial charge in [0.15, 0.2) is 0 Å². The highest BCUT2D eigenvalue weighted by atomic mass is 16.5. The predicted molar refractivity (Wildman–Crippen MR) is 126 cm³/mol. The van der Waals surface area contributed by atoms with Gasteiger partial charge in [-0.1, -0.05) is 13.3 Å². The zero-order valence-corrected chi connectivity index (χ0v) is 19.5. The lowest BCUT2D eigenvalue weighted by Gasteiger charge is -2.27. The molecule has 3 N–H and O–H groups in total. The third-order valence-electron chi connectivity index (χ3n) is 7.12. The van der Waals surface area contributed by atoms with Gasteiger partial charge in [-0.05, 0) is 76.5 Å². The summed E-state index contributed by atoms with van der Waals surface area (Å²) in [5.41, 5.74) is 2.05. The summed E-state index contributed by atoms with van der Waals surface area (Å²) in [6.45, 7) is 4.94. The second kappa shape index (κ2) is 10.8. The van der Waals surface area contributed by atoms with Gasteiger partial charge in [-0.25, -0.2) is 15.0 Å². The van der Waals surface area contributed by atoms with Crippen LogP contribution in [0.4, 0.5) is 5.95 Å². The number of aliphatic hydroxyl groups excluding tert-OH is 2. The molecule has 176 valence electrons. The Labute approximate surface area is 191 Å². The van der Waals surface area contributed by atoms with E-state index in [1.54, 1.807) is 0 Å². The number of fused-ring (bicyclic) bond motifs is 1. The smallest absolute Gasteiger partial charge is 0.224 e. The summed E-state index contributed by atoms with van der Waals surface area (Å²) in [6.07, 6.45) is 12.8. The van der Waals surface area contributed by atoms with E-state index in [0.29, 0.717) is 36.3 Å². The molecule has 2 heterocycles. The van der Waals surface area contributed by atoms with Crippen LogP contribution in [0.15, 0.2) is 12.4 Å². The average Bonchev–Trinajstić information content (AvgIpc) is 2.79. The summed E-state index contributed by atoms with van der Waals surface area (Å²) >= 11 is 0. The molecule has 2 saturated carbocycles. The number of anilines is 1. The van der Waals surface area contributed by atoms with Crippen molar-refractivity contribution in [3.05, 3.63) is 18.0 Å². The number of hydrogen-bond acceptors (Lipinski definition) is 7. The molecule has 0 saturated heterocycles. The van der Waals surface area contributed by atoms with Gasteiger partial charge in [0, 0.05) is 24.0 Å². The van der Waals surface area contributed by atoms with Crippen molar-refractivity contribution in [2.75, 3.05) is 11.9 Å². The molecule has 32 heavy (non-hydrogen) atoms. The molecule has 0 bridgehead atoms. The zero-order valence-electron chi connectivity index (χ0n) is 19.5. The van der Waals surface area contributed by atoms with E-state index >= 15 is 0 Å². The topological polar surface area (TPSA) is 100 Å². The van der Waals surface area contributed by atoms with Crippen LogP contribution in [0.1, 0.15) is 89.5 Å². The van der Waals surface area contributed by atoms with E-state index < -0.39 is 0 Å². The monoisotopic (exact) mass is 442 g/mol. The van der Waals surface area contributed by atoms with E-state index in [9.17, 15) is 10.2 Å². The van der Waals surface area contributed by atoms with Crippen LogP contribution in [-0.4, -0.2) is 50.0 Å². The first-order valence-electron chi connectivity index (χ1n) is 12.4. The van der Waals surface area contributed by atoms with E-state index in [1.807, 2.05) is 12.4 Å². The molecule has 2 aromatic heterocycles. The molecule has 0 radical (unpaired) electrons. The quantitative estimate of drug-likeness (QED) is 0.550. The largest absolute Gasteiger partial charge is 0.477 e. The highest BCUT2D eigenvalue weighted by molar-refractivity contribution is 5.86. The minimum absolute atomic E-state index is 0.159. The molecule has 2 fully saturated rings. The molecule has 4 rings (SSSR count). The van der Waals surface area contributed by atoms with Crippen molar-refractivity contribution in [1.29, 1.82) is 0 Å². The van der Waals surface area contributed by atoms with Crippen molar-refractivity contribution in [1.82, 2.24) is 15.0 Å². The Balaban J connectivity index is 1.59. The highest BCUT2D eigenvalue weighted by Crippen LogP contribution is 2.38. The van der Waals surface area contributed by atoms with Crippen molar-refractivity contribution < 1.29 is 14.9 Å². The molecule has 0 spiro atoms. The first-order chi connectivity index (χ1) is 15.5. The van der Waals surface area contributed by atoms with Crippen molar-refractivity contribution in [3.63, 3.8) is 0 Å². The van der Waals surface area contributed by atoms with E-state index in [4.69, 9.17) is 9.72 Å². The fourth-order valence-electron chi connectivity index (χ4n) is 5.12. The molecule has 2 aliphatic rings. The Morgan fingerprint density at radius 2 is 1.69 bits per heavy atom. The molecule has 0 amide bonds. The fourth-order valence-corrected chi connectivity index (χ4v) is 5.12. The number of aromatic nitrogens is 3. The number of aliphatic hydroxyl groups is 2. The van der Waals surface area contributed by atoms with Crippen LogP contribution in [0.3, 0.4) is 0 Å². The van der Waals surface area contributed by atoms with Gasteiger partial charge in [0.1, 0.15) is 0 Å². The fraction of sp³-hybridized carbons (Fsp3) is 0.720. The molecule has 7 nitrogen and oxygen atoms in total. The maximum absolute atomic E-state index is 9.95. The number of hydrogen-bond donors (Lipinski definition) is 3. The standard InChI is InChI=1S/C25H38N4O3/c1-3-4-16(2)28-25-27-14-22-23(29-25)21(18-7-11-20(31)12-8-18)13-26-24(22)32-15-17-5-9-19(30)10-6-17/h13-14,16-20,30-31H,3-12,15H2,1-2H3,(H,27,28,29)/t16?,17-,18-,19-,20-. The normalized spacial score (nSPS) is 27.2. The Morgan fingerprint density at radius 3 is 2.38 bits per heavy atom. The van der Waals surface area contributed by atoms with E-state index in [2.05, 4.69) is 29.1 Å². The summed E-state index contributed by atoms with van der Waals surface area (Å²) in [6, 6.07) is 0.310. The zero-order chi connectivity index (χ0) is 22.5. The second-order valence-electron chi connectivity index (χ2n) is 9.80. The van der Waals surface area contributed by atoms with Crippen LogP contribution in [0, 0.1) is 5.92 Å². The van der Waals surface area contributed by atoms with Crippen LogP contribution < -0.4 is 10.1 Å². The van der Waals surface area contributed by atoms with Gasteiger partial charge in [0.05, 0.1) is 29.7 Å². The molecule has 2 aliphatic carbocycles. The second-order valence-corrected chi connectivity index (χ2v) is 9.80. The SMILES string of the molecule is CCCC(C)Nc1ncc2c(OC[C@H]3CC[C@H](O)CC3)ncc([C@H]3CC[C@H](O)CC3)c2n1. The van der Waals surface area contributed by atoms with Gasteiger partial charge in [-0.3, -0.25) is 0 Å². The minimum atomic E-state index is -0.191. The van der Waals surface area contributed by atoms with Crippen LogP contribution in [0.2, 0.25) is 0 Å². The molecule has 1 unspecified atom stereocenters. The number of pyridine rings is 1. The molecule has 0 aromatic carbocycles. The number of rotatable bonds is 8.